The van der Waals surface area contributed by atoms with Crippen LogP contribution in [0.25, 0.3) is 0 Å². The van der Waals surface area contributed by atoms with E-state index in [9.17, 15) is 14.7 Å². The number of carboxylic acid groups (broad SMARTS) is 1. The van der Waals surface area contributed by atoms with E-state index in [1.54, 1.807) is 0 Å². The number of amides is 1. The number of rotatable bonds is 4. The van der Waals surface area contributed by atoms with Gasteiger partial charge >= 0.3 is 5.97 Å². The summed E-state index contributed by atoms with van der Waals surface area (Å²) in [6.07, 6.45) is 4.43. The smallest absolute Gasteiger partial charge is 0.307 e. The maximum Gasteiger partial charge on any atom is 0.307 e. The minimum atomic E-state index is -0.832. The first-order valence-electron chi connectivity index (χ1n) is 7.80. The predicted molar refractivity (Wildman–Crippen MR) is 77.2 cm³/mol. The highest BCUT2D eigenvalue weighted by Crippen LogP contribution is 2.59. The van der Waals surface area contributed by atoms with Crippen LogP contribution in [0.5, 0.6) is 0 Å². The third-order valence-corrected chi connectivity index (χ3v) is 6.00. The highest BCUT2D eigenvalue weighted by atomic mass is 16.4. The lowest BCUT2D eigenvalue weighted by molar-refractivity contribution is -0.142. The Morgan fingerprint density at radius 3 is 1.95 bits per heavy atom. The van der Waals surface area contributed by atoms with Crippen LogP contribution >= 0.6 is 0 Å². The number of carbonyl (C=O) groups excluding carboxylic acids is 1. The van der Waals surface area contributed by atoms with E-state index >= 15 is 0 Å². The average molecular weight is 281 g/mol. The maximum atomic E-state index is 12.5. The van der Waals surface area contributed by atoms with Gasteiger partial charge in [-0.05, 0) is 23.7 Å². The van der Waals surface area contributed by atoms with Gasteiger partial charge in [-0.1, -0.05) is 40.5 Å². The molecular weight excluding hydrogens is 254 g/mol. The summed E-state index contributed by atoms with van der Waals surface area (Å²) in [4.78, 5) is 25.6. The standard InChI is InChI=1S/C16H27NO3/c1-5-16(6-2)7-9-17(10-8-16)13(18)11-12(14(19)20)15(11,3)4/h11-12H,5-10H2,1-4H3,(H,19,20)/t11-,12+/m1/s1. The summed E-state index contributed by atoms with van der Waals surface area (Å²) in [5, 5.41) is 9.20. The zero-order chi connectivity index (χ0) is 15.1. The van der Waals surface area contributed by atoms with Gasteiger partial charge in [-0.2, -0.15) is 0 Å². The molecule has 0 aromatic heterocycles. The average Bonchev–Trinajstić information content (AvgIpc) is 3.01. The van der Waals surface area contributed by atoms with E-state index in [-0.39, 0.29) is 17.2 Å². The fourth-order valence-corrected chi connectivity index (χ4v) is 3.91. The van der Waals surface area contributed by atoms with E-state index in [1.807, 2.05) is 18.7 Å². The molecule has 1 N–H and O–H groups in total. The summed E-state index contributed by atoms with van der Waals surface area (Å²) >= 11 is 0. The van der Waals surface area contributed by atoms with E-state index in [0.717, 1.165) is 38.8 Å². The van der Waals surface area contributed by atoms with Crippen LogP contribution in [-0.2, 0) is 9.59 Å². The second kappa shape index (κ2) is 5.05. The molecule has 4 heteroatoms. The van der Waals surface area contributed by atoms with Crippen molar-refractivity contribution < 1.29 is 14.7 Å². The normalized spacial score (nSPS) is 30.9. The lowest BCUT2D eigenvalue weighted by Crippen LogP contribution is -2.44. The summed E-state index contributed by atoms with van der Waals surface area (Å²) in [5.74, 6) is -1.60. The number of likely N-dealkylation sites (tertiary alicyclic amines) is 1. The molecule has 20 heavy (non-hydrogen) atoms. The molecule has 1 saturated carbocycles. The third-order valence-electron chi connectivity index (χ3n) is 6.00. The fourth-order valence-electron chi connectivity index (χ4n) is 3.91. The van der Waals surface area contributed by atoms with Crippen LogP contribution in [0.1, 0.15) is 53.4 Å². The SMILES string of the molecule is CCC1(CC)CCN(C(=O)[C@H]2[C@@H](C(=O)O)C2(C)C)CC1. The Hall–Kier alpha value is -1.06. The molecule has 4 nitrogen and oxygen atoms in total. The Kier molecular flexibility index (Phi) is 3.87. The maximum absolute atomic E-state index is 12.5. The predicted octanol–water partition coefficient (Wildman–Crippen LogP) is 2.77. The number of piperidine rings is 1. The van der Waals surface area contributed by atoms with E-state index < -0.39 is 11.9 Å². The van der Waals surface area contributed by atoms with Gasteiger partial charge < -0.3 is 10.0 Å². The first-order chi connectivity index (χ1) is 9.29. The van der Waals surface area contributed by atoms with Gasteiger partial charge in [-0.25, -0.2) is 0 Å². The van der Waals surface area contributed by atoms with Gasteiger partial charge in [0.25, 0.3) is 0 Å². The number of carboxylic acids is 1. The summed E-state index contributed by atoms with van der Waals surface area (Å²) in [5.41, 5.74) is 0.00894. The van der Waals surface area contributed by atoms with Gasteiger partial charge in [0, 0.05) is 13.1 Å². The van der Waals surface area contributed by atoms with E-state index in [4.69, 9.17) is 0 Å². The fraction of sp³-hybridized carbons (Fsp3) is 0.875. The van der Waals surface area contributed by atoms with Crippen LogP contribution in [0.3, 0.4) is 0 Å². The van der Waals surface area contributed by atoms with E-state index in [1.165, 1.54) is 0 Å². The first kappa shape index (κ1) is 15.3. The molecule has 1 aliphatic carbocycles. The van der Waals surface area contributed by atoms with Crippen molar-refractivity contribution in [2.45, 2.75) is 53.4 Å². The van der Waals surface area contributed by atoms with E-state index in [0.29, 0.717) is 5.41 Å². The molecule has 1 saturated heterocycles. The molecule has 1 aliphatic heterocycles. The van der Waals surface area contributed by atoms with Gasteiger partial charge in [0.05, 0.1) is 11.8 Å². The van der Waals surface area contributed by atoms with Gasteiger partial charge in [0.1, 0.15) is 0 Å². The molecule has 0 unspecified atom stereocenters. The number of aliphatic carboxylic acids is 1. The molecule has 0 aromatic rings. The summed E-state index contributed by atoms with van der Waals surface area (Å²) < 4.78 is 0. The molecular formula is C16H27NO3. The third kappa shape index (κ3) is 2.33. The van der Waals surface area contributed by atoms with Crippen LogP contribution in [0, 0.1) is 22.7 Å². The molecule has 0 bridgehead atoms. The van der Waals surface area contributed by atoms with Gasteiger partial charge in [-0.15, -0.1) is 0 Å². The van der Waals surface area contributed by atoms with Crippen molar-refractivity contribution in [1.29, 1.82) is 0 Å². The van der Waals surface area contributed by atoms with Crippen molar-refractivity contribution in [1.82, 2.24) is 4.90 Å². The Labute approximate surface area is 121 Å². The lowest BCUT2D eigenvalue weighted by atomic mass is 9.74. The van der Waals surface area contributed by atoms with Gasteiger partial charge in [-0.3, -0.25) is 9.59 Å². The van der Waals surface area contributed by atoms with Crippen molar-refractivity contribution in [2.75, 3.05) is 13.1 Å². The molecule has 1 heterocycles. The summed E-state index contributed by atoms with van der Waals surface area (Å²) in [6.45, 7) is 9.82. The zero-order valence-corrected chi connectivity index (χ0v) is 13.1. The van der Waals surface area contributed by atoms with Crippen LogP contribution in [0.2, 0.25) is 0 Å². The quantitative estimate of drug-likeness (QED) is 0.862. The molecule has 0 aromatic carbocycles. The Bertz CT molecular complexity index is 402. The zero-order valence-electron chi connectivity index (χ0n) is 13.1. The van der Waals surface area contributed by atoms with E-state index in [2.05, 4.69) is 13.8 Å². The Morgan fingerprint density at radius 1 is 1.10 bits per heavy atom. The summed E-state index contributed by atoms with van der Waals surface area (Å²) in [6, 6.07) is 0. The molecule has 0 spiro atoms. The van der Waals surface area contributed by atoms with Gasteiger partial charge in [0.2, 0.25) is 5.91 Å². The van der Waals surface area contributed by atoms with Crippen LogP contribution in [0.15, 0.2) is 0 Å². The molecule has 2 atom stereocenters. The number of carbonyl (C=O) groups is 2. The van der Waals surface area contributed by atoms with Crippen molar-refractivity contribution in [2.24, 2.45) is 22.7 Å². The topological polar surface area (TPSA) is 57.6 Å². The molecule has 0 radical (unpaired) electrons. The highest BCUT2D eigenvalue weighted by molar-refractivity contribution is 5.91. The van der Waals surface area contributed by atoms with Crippen molar-refractivity contribution >= 4 is 11.9 Å². The first-order valence-corrected chi connectivity index (χ1v) is 7.80. The molecule has 2 aliphatic rings. The molecule has 114 valence electrons. The Morgan fingerprint density at radius 2 is 1.60 bits per heavy atom. The molecule has 2 rings (SSSR count). The van der Waals surface area contributed by atoms with Crippen LogP contribution in [-0.4, -0.2) is 35.0 Å². The minimum absolute atomic E-state index is 0.0585. The second-order valence-corrected chi connectivity index (χ2v) is 7.15. The largest absolute Gasteiger partial charge is 0.481 e. The molecule has 1 amide bonds. The van der Waals surface area contributed by atoms with Gasteiger partial charge in [0.15, 0.2) is 0 Å². The monoisotopic (exact) mass is 281 g/mol. The summed E-state index contributed by atoms with van der Waals surface area (Å²) in [7, 11) is 0. The Balaban J connectivity index is 1.98. The van der Waals surface area contributed by atoms with Crippen molar-refractivity contribution in [3.05, 3.63) is 0 Å². The van der Waals surface area contributed by atoms with Crippen molar-refractivity contribution in [3.63, 3.8) is 0 Å². The number of nitrogens with zero attached hydrogens (tertiary/aromatic N) is 1. The number of hydrogen-bond acceptors (Lipinski definition) is 2. The second-order valence-electron chi connectivity index (χ2n) is 7.15. The lowest BCUT2D eigenvalue weighted by Gasteiger charge is -2.41. The van der Waals surface area contributed by atoms with Crippen LogP contribution in [0.4, 0.5) is 0 Å². The minimum Gasteiger partial charge on any atom is -0.481 e. The number of hydrogen-bond donors (Lipinski definition) is 1. The highest BCUT2D eigenvalue weighted by Gasteiger charge is 2.66. The molecule has 2 fully saturated rings. The van der Waals surface area contributed by atoms with Crippen molar-refractivity contribution in [3.8, 4) is 0 Å². The van der Waals surface area contributed by atoms with Crippen LogP contribution < -0.4 is 0 Å².